The summed E-state index contributed by atoms with van der Waals surface area (Å²) in [4.78, 5) is 27.6. The molecule has 1 aromatic carbocycles. The molecular formula is C19H29N3O3. The fraction of sp³-hybridized carbons (Fsp3) is 0.579. The lowest BCUT2D eigenvalue weighted by Gasteiger charge is -2.33. The highest BCUT2D eigenvalue weighted by Crippen LogP contribution is 2.12. The Kier molecular flexibility index (Phi) is 7.73. The molecule has 138 valence electrons. The molecule has 1 N–H and O–H groups in total. The number of nitrogens with one attached hydrogen (secondary N) is 1. The Balaban J connectivity index is 1.73. The number of amides is 2. The van der Waals surface area contributed by atoms with E-state index in [-0.39, 0.29) is 12.0 Å². The molecule has 1 aliphatic heterocycles. The third-order valence-corrected chi connectivity index (χ3v) is 4.32. The monoisotopic (exact) mass is 347 g/mol. The van der Waals surface area contributed by atoms with E-state index >= 15 is 0 Å². The molecule has 1 aromatic rings. The van der Waals surface area contributed by atoms with Crippen LogP contribution < -0.4 is 5.32 Å². The molecule has 1 saturated heterocycles. The summed E-state index contributed by atoms with van der Waals surface area (Å²) in [5.74, 6) is -0.0223. The molecule has 1 heterocycles. The van der Waals surface area contributed by atoms with Crippen molar-refractivity contribution in [3.05, 3.63) is 29.8 Å². The number of anilines is 1. The Labute approximate surface area is 150 Å². The Morgan fingerprint density at radius 3 is 2.36 bits per heavy atom. The Hall–Kier alpha value is -2.08. The van der Waals surface area contributed by atoms with Crippen LogP contribution in [0.4, 0.5) is 10.5 Å². The van der Waals surface area contributed by atoms with Crippen LogP contribution in [0.15, 0.2) is 24.3 Å². The number of carbonyl (C=O) groups excluding carboxylic acids is 2. The maximum absolute atomic E-state index is 12.2. The second-order valence-electron chi connectivity index (χ2n) is 6.31. The van der Waals surface area contributed by atoms with Gasteiger partial charge in [-0.05, 0) is 37.5 Å². The van der Waals surface area contributed by atoms with Gasteiger partial charge in [0, 0.05) is 31.9 Å². The molecule has 0 bridgehead atoms. The molecule has 1 aliphatic rings. The van der Waals surface area contributed by atoms with Crippen molar-refractivity contribution in [1.29, 1.82) is 0 Å². The van der Waals surface area contributed by atoms with Crippen LogP contribution in [0.3, 0.4) is 0 Å². The van der Waals surface area contributed by atoms with E-state index in [2.05, 4.69) is 29.3 Å². The number of unbranched alkanes of at least 4 members (excludes halogenated alkanes) is 1. The van der Waals surface area contributed by atoms with Gasteiger partial charge in [-0.15, -0.1) is 0 Å². The van der Waals surface area contributed by atoms with Crippen LogP contribution in [-0.4, -0.2) is 61.1 Å². The molecule has 2 amide bonds. The molecule has 0 aromatic heterocycles. The van der Waals surface area contributed by atoms with Crippen LogP contribution in [0.5, 0.6) is 0 Å². The zero-order valence-corrected chi connectivity index (χ0v) is 15.3. The van der Waals surface area contributed by atoms with Gasteiger partial charge in [0.2, 0.25) is 5.91 Å². The molecular weight excluding hydrogens is 318 g/mol. The van der Waals surface area contributed by atoms with Crippen molar-refractivity contribution in [2.24, 2.45) is 0 Å². The van der Waals surface area contributed by atoms with Crippen LogP contribution >= 0.6 is 0 Å². The summed E-state index contributed by atoms with van der Waals surface area (Å²) in [6, 6.07) is 8.07. The summed E-state index contributed by atoms with van der Waals surface area (Å²) in [6.07, 6.45) is 3.18. The molecule has 0 radical (unpaired) electrons. The topological polar surface area (TPSA) is 61.9 Å². The maximum atomic E-state index is 12.2. The molecule has 25 heavy (non-hydrogen) atoms. The molecule has 6 heteroatoms. The predicted molar refractivity (Wildman–Crippen MR) is 98.7 cm³/mol. The van der Waals surface area contributed by atoms with Gasteiger partial charge >= 0.3 is 6.09 Å². The third-order valence-electron chi connectivity index (χ3n) is 4.32. The fourth-order valence-electron chi connectivity index (χ4n) is 2.84. The number of aryl methyl sites for hydroxylation is 1. The highest BCUT2D eigenvalue weighted by atomic mass is 16.6. The van der Waals surface area contributed by atoms with Crippen molar-refractivity contribution < 1.29 is 14.3 Å². The van der Waals surface area contributed by atoms with E-state index in [0.29, 0.717) is 39.3 Å². The number of nitrogens with zero attached hydrogens (tertiary/aromatic N) is 2. The zero-order chi connectivity index (χ0) is 18.1. The first-order valence-electron chi connectivity index (χ1n) is 9.15. The van der Waals surface area contributed by atoms with Crippen LogP contribution in [0.25, 0.3) is 0 Å². The van der Waals surface area contributed by atoms with E-state index in [1.54, 1.807) is 11.8 Å². The van der Waals surface area contributed by atoms with Crippen molar-refractivity contribution >= 4 is 17.7 Å². The highest BCUT2D eigenvalue weighted by molar-refractivity contribution is 5.92. The largest absolute Gasteiger partial charge is 0.450 e. The average Bonchev–Trinajstić information content (AvgIpc) is 2.62. The Bertz CT molecular complexity index is 552. The Morgan fingerprint density at radius 1 is 1.08 bits per heavy atom. The van der Waals surface area contributed by atoms with Gasteiger partial charge in [0.1, 0.15) is 0 Å². The molecule has 0 atom stereocenters. The molecule has 0 unspecified atom stereocenters. The summed E-state index contributed by atoms with van der Waals surface area (Å²) < 4.78 is 5.00. The van der Waals surface area contributed by atoms with Gasteiger partial charge in [-0.1, -0.05) is 25.5 Å². The van der Waals surface area contributed by atoms with Gasteiger partial charge in [-0.25, -0.2) is 4.79 Å². The minimum absolute atomic E-state index is 0.0223. The van der Waals surface area contributed by atoms with E-state index in [0.717, 1.165) is 12.1 Å². The van der Waals surface area contributed by atoms with Crippen molar-refractivity contribution in [1.82, 2.24) is 9.80 Å². The van der Waals surface area contributed by atoms with Gasteiger partial charge in [-0.3, -0.25) is 9.69 Å². The fourth-order valence-corrected chi connectivity index (χ4v) is 2.84. The summed E-state index contributed by atoms with van der Waals surface area (Å²) in [6.45, 7) is 7.27. The molecule has 0 spiro atoms. The molecule has 0 saturated carbocycles. The van der Waals surface area contributed by atoms with Crippen LogP contribution in [0, 0.1) is 0 Å². The lowest BCUT2D eigenvalue weighted by Crippen LogP contribution is -2.50. The number of hydrogen-bond donors (Lipinski definition) is 1. The van der Waals surface area contributed by atoms with Gasteiger partial charge in [0.15, 0.2) is 0 Å². The van der Waals surface area contributed by atoms with E-state index < -0.39 is 0 Å². The van der Waals surface area contributed by atoms with E-state index in [1.807, 2.05) is 12.1 Å². The van der Waals surface area contributed by atoms with Gasteiger partial charge in [0.25, 0.3) is 0 Å². The van der Waals surface area contributed by atoms with Crippen LogP contribution in [0.2, 0.25) is 0 Å². The minimum Gasteiger partial charge on any atom is -0.450 e. The summed E-state index contributed by atoms with van der Waals surface area (Å²) >= 11 is 0. The van der Waals surface area contributed by atoms with Gasteiger partial charge < -0.3 is 15.0 Å². The number of ether oxygens (including phenoxy) is 1. The Morgan fingerprint density at radius 2 is 1.76 bits per heavy atom. The van der Waals surface area contributed by atoms with E-state index in [1.165, 1.54) is 18.4 Å². The minimum atomic E-state index is -0.269. The molecule has 6 nitrogen and oxygen atoms in total. The first-order chi connectivity index (χ1) is 12.1. The second kappa shape index (κ2) is 10.0. The van der Waals surface area contributed by atoms with E-state index in [9.17, 15) is 9.59 Å². The number of rotatable bonds is 7. The number of benzene rings is 1. The third kappa shape index (κ3) is 6.38. The SMILES string of the molecule is CCCCc1ccc(NC(=O)CN2CCN(C(=O)OCC)CC2)cc1. The standard InChI is InChI=1S/C19H29N3O3/c1-3-5-6-16-7-9-17(10-8-16)20-18(23)15-21-11-13-22(14-12-21)19(24)25-4-2/h7-10H,3-6,11-15H2,1-2H3,(H,20,23). The van der Waals surface area contributed by atoms with Crippen molar-refractivity contribution in [3.63, 3.8) is 0 Å². The lowest BCUT2D eigenvalue weighted by atomic mass is 10.1. The second-order valence-corrected chi connectivity index (χ2v) is 6.31. The van der Waals surface area contributed by atoms with Crippen LogP contribution in [0.1, 0.15) is 32.3 Å². The highest BCUT2D eigenvalue weighted by Gasteiger charge is 2.23. The molecule has 2 rings (SSSR count). The van der Waals surface area contributed by atoms with Crippen LogP contribution in [-0.2, 0) is 16.0 Å². The number of piperazine rings is 1. The lowest BCUT2D eigenvalue weighted by molar-refractivity contribution is -0.117. The quantitative estimate of drug-likeness (QED) is 0.824. The molecule has 0 aliphatic carbocycles. The number of carbonyl (C=O) groups is 2. The average molecular weight is 347 g/mol. The maximum Gasteiger partial charge on any atom is 0.409 e. The number of hydrogen-bond acceptors (Lipinski definition) is 4. The zero-order valence-electron chi connectivity index (χ0n) is 15.3. The first-order valence-corrected chi connectivity index (χ1v) is 9.15. The van der Waals surface area contributed by atoms with Crippen molar-refractivity contribution in [2.45, 2.75) is 33.1 Å². The predicted octanol–water partition coefficient (Wildman–Crippen LogP) is 2.74. The normalized spacial score (nSPS) is 15.0. The van der Waals surface area contributed by atoms with Gasteiger partial charge in [-0.2, -0.15) is 0 Å². The molecule has 1 fully saturated rings. The first kappa shape index (κ1) is 19.2. The van der Waals surface area contributed by atoms with Gasteiger partial charge in [0.05, 0.1) is 13.2 Å². The summed E-state index contributed by atoms with van der Waals surface area (Å²) in [5, 5.41) is 2.94. The van der Waals surface area contributed by atoms with Crippen molar-refractivity contribution in [2.75, 3.05) is 44.6 Å². The van der Waals surface area contributed by atoms with Crippen molar-refractivity contribution in [3.8, 4) is 0 Å². The summed E-state index contributed by atoms with van der Waals surface area (Å²) in [7, 11) is 0. The smallest absolute Gasteiger partial charge is 0.409 e. The summed E-state index contributed by atoms with van der Waals surface area (Å²) in [5.41, 5.74) is 2.13. The van der Waals surface area contributed by atoms with E-state index in [4.69, 9.17) is 4.74 Å².